The molecule has 0 aromatic heterocycles. The van der Waals surface area contributed by atoms with Crippen molar-refractivity contribution >= 4 is 10.0 Å². The molecule has 1 aromatic carbocycles. The smallest absolute Gasteiger partial charge is 0.240 e. The molecule has 0 fully saturated rings. The van der Waals surface area contributed by atoms with Crippen molar-refractivity contribution in [3.8, 4) is 5.75 Å². The van der Waals surface area contributed by atoms with E-state index in [4.69, 9.17) is 4.74 Å². The van der Waals surface area contributed by atoms with Crippen LogP contribution in [0.25, 0.3) is 0 Å². The van der Waals surface area contributed by atoms with Crippen molar-refractivity contribution in [3.05, 3.63) is 24.0 Å². The Labute approximate surface area is 106 Å². The molecule has 0 saturated carbocycles. The minimum absolute atomic E-state index is 0.0254. The number of hydrogen-bond acceptors (Lipinski definition) is 4. The van der Waals surface area contributed by atoms with Gasteiger partial charge in [0, 0.05) is 6.54 Å². The van der Waals surface area contributed by atoms with E-state index in [1.807, 2.05) is 0 Å². The van der Waals surface area contributed by atoms with Crippen LogP contribution in [0.4, 0.5) is 4.39 Å². The van der Waals surface area contributed by atoms with Gasteiger partial charge in [0.15, 0.2) is 11.6 Å². The number of aliphatic hydroxyl groups is 1. The SMILES string of the molecule is CCC(O)CNS(=O)(=O)c1ccc(OC)c(F)c1. The number of nitrogens with one attached hydrogen (secondary N) is 1. The molecule has 0 aliphatic rings. The van der Waals surface area contributed by atoms with Gasteiger partial charge in [-0.3, -0.25) is 0 Å². The molecule has 5 nitrogen and oxygen atoms in total. The van der Waals surface area contributed by atoms with E-state index < -0.39 is 21.9 Å². The van der Waals surface area contributed by atoms with Crippen LogP contribution >= 0.6 is 0 Å². The van der Waals surface area contributed by atoms with Crippen LogP contribution in [0, 0.1) is 5.82 Å². The predicted molar refractivity (Wildman–Crippen MR) is 64.4 cm³/mol. The van der Waals surface area contributed by atoms with Crippen LogP contribution in [0.2, 0.25) is 0 Å². The molecule has 1 atom stereocenters. The van der Waals surface area contributed by atoms with Crippen molar-refractivity contribution in [2.45, 2.75) is 24.3 Å². The van der Waals surface area contributed by atoms with Gasteiger partial charge in [0.05, 0.1) is 18.1 Å². The number of methoxy groups -OCH3 is 1. The summed E-state index contributed by atoms with van der Waals surface area (Å²) >= 11 is 0. The summed E-state index contributed by atoms with van der Waals surface area (Å²) in [5, 5.41) is 9.28. The molecule has 0 spiro atoms. The molecule has 0 aliphatic heterocycles. The van der Waals surface area contributed by atoms with Gasteiger partial charge in [0.25, 0.3) is 0 Å². The van der Waals surface area contributed by atoms with Crippen molar-refractivity contribution in [2.75, 3.05) is 13.7 Å². The molecule has 102 valence electrons. The van der Waals surface area contributed by atoms with E-state index in [1.165, 1.54) is 19.2 Å². The Kier molecular flexibility index (Phi) is 5.06. The summed E-state index contributed by atoms with van der Waals surface area (Å²) in [5.41, 5.74) is 0. The first-order chi connectivity index (χ1) is 8.40. The Bertz CT molecular complexity index is 504. The second kappa shape index (κ2) is 6.12. The van der Waals surface area contributed by atoms with E-state index in [0.717, 1.165) is 6.07 Å². The van der Waals surface area contributed by atoms with Gasteiger partial charge >= 0.3 is 0 Å². The summed E-state index contributed by atoms with van der Waals surface area (Å²) < 4.78 is 43.8. The van der Waals surface area contributed by atoms with Gasteiger partial charge in [-0.1, -0.05) is 6.92 Å². The second-order valence-electron chi connectivity index (χ2n) is 3.71. The zero-order valence-electron chi connectivity index (χ0n) is 10.2. The lowest BCUT2D eigenvalue weighted by atomic mass is 10.3. The molecule has 0 amide bonds. The number of halogens is 1. The molecule has 7 heteroatoms. The highest BCUT2D eigenvalue weighted by Crippen LogP contribution is 2.20. The largest absolute Gasteiger partial charge is 0.494 e. The third kappa shape index (κ3) is 3.66. The summed E-state index contributed by atoms with van der Waals surface area (Å²) in [4.78, 5) is -0.205. The maximum atomic E-state index is 13.4. The monoisotopic (exact) mass is 277 g/mol. The molecule has 1 rings (SSSR count). The van der Waals surface area contributed by atoms with Crippen LogP contribution < -0.4 is 9.46 Å². The van der Waals surface area contributed by atoms with Gasteiger partial charge in [-0.2, -0.15) is 0 Å². The first kappa shape index (κ1) is 14.9. The van der Waals surface area contributed by atoms with E-state index in [2.05, 4.69) is 4.72 Å². The summed E-state index contributed by atoms with van der Waals surface area (Å²) in [6, 6.07) is 3.35. The van der Waals surface area contributed by atoms with E-state index in [-0.39, 0.29) is 17.2 Å². The normalized spacial score (nSPS) is 13.3. The van der Waals surface area contributed by atoms with Gasteiger partial charge < -0.3 is 9.84 Å². The molecule has 1 unspecified atom stereocenters. The lowest BCUT2D eigenvalue weighted by Gasteiger charge is -2.11. The maximum Gasteiger partial charge on any atom is 0.240 e. The number of ether oxygens (including phenoxy) is 1. The van der Waals surface area contributed by atoms with Gasteiger partial charge in [-0.25, -0.2) is 17.5 Å². The average molecular weight is 277 g/mol. The standard InChI is InChI=1S/C11H16FNO4S/c1-3-8(14)7-13-18(15,16)9-4-5-11(17-2)10(12)6-9/h4-6,8,13-14H,3,7H2,1-2H3. The van der Waals surface area contributed by atoms with Crippen molar-refractivity contribution in [2.24, 2.45) is 0 Å². The average Bonchev–Trinajstić information content (AvgIpc) is 2.35. The van der Waals surface area contributed by atoms with Crippen LogP contribution in [-0.2, 0) is 10.0 Å². The van der Waals surface area contributed by atoms with Crippen LogP contribution in [0.3, 0.4) is 0 Å². The lowest BCUT2D eigenvalue weighted by Crippen LogP contribution is -2.31. The zero-order chi connectivity index (χ0) is 13.8. The Morgan fingerprint density at radius 1 is 1.50 bits per heavy atom. The van der Waals surface area contributed by atoms with E-state index in [0.29, 0.717) is 6.42 Å². The Morgan fingerprint density at radius 2 is 2.17 bits per heavy atom. The molecule has 1 aromatic rings. The summed E-state index contributed by atoms with van der Waals surface area (Å²) in [5.74, 6) is -0.779. The fourth-order valence-corrected chi connectivity index (χ4v) is 2.33. The molecule has 18 heavy (non-hydrogen) atoms. The Balaban J connectivity index is 2.88. The fourth-order valence-electron chi connectivity index (χ4n) is 1.25. The molecular formula is C11H16FNO4S. The third-order valence-corrected chi connectivity index (χ3v) is 3.84. The Hall–Kier alpha value is -1.18. The van der Waals surface area contributed by atoms with Gasteiger partial charge in [-0.15, -0.1) is 0 Å². The number of sulfonamides is 1. The molecule has 0 heterocycles. The van der Waals surface area contributed by atoms with Gasteiger partial charge in [-0.05, 0) is 24.6 Å². The fraction of sp³-hybridized carbons (Fsp3) is 0.455. The first-order valence-electron chi connectivity index (χ1n) is 5.42. The van der Waals surface area contributed by atoms with Crippen LogP contribution in [0.15, 0.2) is 23.1 Å². The van der Waals surface area contributed by atoms with E-state index in [1.54, 1.807) is 6.92 Å². The topological polar surface area (TPSA) is 75.6 Å². The quantitative estimate of drug-likeness (QED) is 0.809. The highest BCUT2D eigenvalue weighted by Gasteiger charge is 2.17. The van der Waals surface area contributed by atoms with Gasteiger partial charge in [0.1, 0.15) is 0 Å². The van der Waals surface area contributed by atoms with Crippen molar-refractivity contribution in [1.82, 2.24) is 4.72 Å². The number of hydrogen-bond donors (Lipinski definition) is 2. The number of benzene rings is 1. The van der Waals surface area contributed by atoms with E-state index >= 15 is 0 Å². The predicted octanol–water partition coefficient (Wildman–Crippen LogP) is 0.883. The van der Waals surface area contributed by atoms with Crippen LogP contribution in [0.5, 0.6) is 5.75 Å². The molecule has 0 bridgehead atoms. The van der Waals surface area contributed by atoms with E-state index in [9.17, 15) is 17.9 Å². The number of aliphatic hydroxyl groups excluding tert-OH is 1. The summed E-state index contributed by atoms with van der Waals surface area (Å²) in [7, 11) is -2.52. The Morgan fingerprint density at radius 3 is 2.67 bits per heavy atom. The molecule has 0 aliphatic carbocycles. The highest BCUT2D eigenvalue weighted by molar-refractivity contribution is 7.89. The molecule has 0 radical (unpaired) electrons. The first-order valence-corrected chi connectivity index (χ1v) is 6.90. The summed E-state index contributed by atoms with van der Waals surface area (Å²) in [6.45, 7) is 1.62. The molecular weight excluding hydrogens is 261 g/mol. The second-order valence-corrected chi connectivity index (χ2v) is 5.48. The minimum atomic E-state index is -3.82. The third-order valence-electron chi connectivity index (χ3n) is 2.41. The van der Waals surface area contributed by atoms with Gasteiger partial charge in [0.2, 0.25) is 10.0 Å². The lowest BCUT2D eigenvalue weighted by molar-refractivity contribution is 0.174. The summed E-state index contributed by atoms with van der Waals surface area (Å²) in [6.07, 6.45) is -0.331. The maximum absolute atomic E-state index is 13.4. The molecule has 0 saturated heterocycles. The van der Waals surface area contributed by atoms with Crippen molar-refractivity contribution < 1.29 is 22.7 Å². The van der Waals surface area contributed by atoms with Crippen LogP contribution in [0.1, 0.15) is 13.3 Å². The number of rotatable bonds is 6. The minimum Gasteiger partial charge on any atom is -0.494 e. The highest BCUT2D eigenvalue weighted by atomic mass is 32.2. The van der Waals surface area contributed by atoms with Crippen molar-refractivity contribution in [1.29, 1.82) is 0 Å². The van der Waals surface area contributed by atoms with Crippen molar-refractivity contribution in [3.63, 3.8) is 0 Å². The zero-order valence-corrected chi connectivity index (χ0v) is 11.0. The van der Waals surface area contributed by atoms with Crippen LogP contribution in [-0.4, -0.2) is 33.3 Å². The molecule has 2 N–H and O–H groups in total.